The molecule has 31 heavy (non-hydrogen) atoms. The molecule has 0 saturated carbocycles. The summed E-state index contributed by atoms with van der Waals surface area (Å²) in [5.74, 6) is 2.27. The minimum absolute atomic E-state index is 0.0503. The quantitative estimate of drug-likeness (QED) is 0.427. The molecule has 4 aromatic rings. The molecule has 0 radical (unpaired) electrons. The number of hydrogen-bond acceptors (Lipinski definition) is 7. The van der Waals surface area contributed by atoms with Crippen LogP contribution in [0.3, 0.4) is 0 Å². The van der Waals surface area contributed by atoms with Gasteiger partial charge >= 0.3 is 0 Å². The first kappa shape index (κ1) is 19.7. The molecular weight excluding hydrogens is 432 g/mol. The lowest BCUT2D eigenvalue weighted by Crippen LogP contribution is -2.24. The van der Waals surface area contributed by atoms with Crippen LogP contribution < -0.4 is 14.8 Å². The van der Waals surface area contributed by atoms with Gasteiger partial charge in [-0.3, -0.25) is 9.36 Å². The van der Waals surface area contributed by atoms with Crippen LogP contribution in [0.4, 0.5) is 0 Å². The Balaban J connectivity index is 1.39. The van der Waals surface area contributed by atoms with Gasteiger partial charge in [0.1, 0.15) is 0 Å². The van der Waals surface area contributed by atoms with Crippen LogP contribution in [-0.4, -0.2) is 33.2 Å². The molecule has 9 heteroatoms. The molecule has 1 aliphatic heterocycles. The maximum Gasteiger partial charge on any atom is 0.231 e. The normalized spacial score (nSPS) is 12.1. The molecule has 0 spiro atoms. The minimum Gasteiger partial charge on any atom is -0.454 e. The average molecular weight is 451 g/mol. The summed E-state index contributed by atoms with van der Waals surface area (Å²) in [4.78, 5) is 13.5. The number of ether oxygens (including phenoxy) is 2. The molecule has 0 saturated heterocycles. The summed E-state index contributed by atoms with van der Waals surface area (Å²) in [7, 11) is 0. The summed E-state index contributed by atoms with van der Waals surface area (Å²) in [6.07, 6.45) is 0. The topological polar surface area (TPSA) is 78.3 Å². The predicted molar refractivity (Wildman–Crippen MR) is 120 cm³/mol. The van der Waals surface area contributed by atoms with Crippen molar-refractivity contribution >= 4 is 29.0 Å². The molecule has 5 rings (SSSR count). The summed E-state index contributed by atoms with van der Waals surface area (Å²) in [5.41, 5.74) is 1.77. The van der Waals surface area contributed by atoms with Crippen molar-refractivity contribution in [2.45, 2.75) is 11.7 Å². The van der Waals surface area contributed by atoms with Crippen molar-refractivity contribution in [3.05, 3.63) is 70.9 Å². The van der Waals surface area contributed by atoms with Crippen LogP contribution in [0.1, 0.15) is 4.88 Å². The Morgan fingerprint density at radius 2 is 1.94 bits per heavy atom. The maximum atomic E-state index is 12.3. The van der Waals surface area contributed by atoms with E-state index >= 15 is 0 Å². The molecule has 0 unspecified atom stereocenters. The molecule has 0 atom stereocenters. The number of rotatable bonds is 7. The zero-order valence-electron chi connectivity index (χ0n) is 16.4. The van der Waals surface area contributed by atoms with Gasteiger partial charge in [0.25, 0.3) is 0 Å². The molecule has 7 nitrogen and oxygen atoms in total. The van der Waals surface area contributed by atoms with Crippen LogP contribution in [0.5, 0.6) is 11.5 Å². The Morgan fingerprint density at radius 1 is 1.06 bits per heavy atom. The Labute approximate surface area is 187 Å². The standard InChI is InChI=1S/C22H18N4O3S2/c27-20(23-12-17-7-4-10-30-17)13-31-22-25-24-21(26(22)16-5-2-1-3-6-16)15-8-9-18-19(11-15)29-14-28-18/h1-11H,12-14H2,(H,23,27). The summed E-state index contributed by atoms with van der Waals surface area (Å²) < 4.78 is 12.9. The summed E-state index contributed by atoms with van der Waals surface area (Å²) >= 11 is 2.97. The fourth-order valence-electron chi connectivity index (χ4n) is 3.18. The highest BCUT2D eigenvalue weighted by Crippen LogP contribution is 2.37. The van der Waals surface area contributed by atoms with Gasteiger partial charge < -0.3 is 14.8 Å². The summed E-state index contributed by atoms with van der Waals surface area (Å²) in [6.45, 7) is 0.747. The van der Waals surface area contributed by atoms with Crippen molar-refractivity contribution in [1.29, 1.82) is 0 Å². The Morgan fingerprint density at radius 3 is 2.77 bits per heavy atom. The first-order valence-electron chi connectivity index (χ1n) is 9.61. The van der Waals surface area contributed by atoms with Crippen molar-refractivity contribution in [2.75, 3.05) is 12.5 Å². The van der Waals surface area contributed by atoms with Gasteiger partial charge in [0.05, 0.1) is 12.3 Å². The lowest BCUT2D eigenvalue weighted by Gasteiger charge is -2.11. The second-order valence-corrected chi connectivity index (χ2v) is 8.66. The van der Waals surface area contributed by atoms with Gasteiger partial charge in [-0.1, -0.05) is 36.0 Å². The largest absolute Gasteiger partial charge is 0.454 e. The summed E-state index contributed by atoms with van der Waals surface area (Å²) in [6, 6.07) is 19.5. The number of nitrogens with zero attached hydrogens (tertiary/aromatic N) is 3. The predicted octanol–water partition coefficient (Wildman–Crippen LogP) is 4.13. The van der Waals surface area contributed by atoms with E-state index in [1.165, 1.54) is 11.8 Å². The number of hydrogen-bond donors (Lipinski definition) is 1. The number of thioether (sulfide) groups is 1. The van der Waals surface area contributed by atoms with E-state index in [1.54, 1.807) is 11.3 Å². The highest BCUT2D eigenvalue weighted by molar-refractivity contribution is 7.99. The zero-order valence-corrected chi connectivity index (χ0v) is 18.0. The molecule has 2 aromatic heterocycles. The number of amides is 1. The van der Waals surface area contributed by atoms with Crippen LogP contribution in [0, 0.1) is 0 Å². The van der Waals surface area contributed by atoms with E-state index in [0.717, 1.165) is 16.1 Å². The third-order valence-electron chi connectivity index (χ3n) is 4.65. The van der Waals surface area contributed by atoms with E-state index in [4.69, 9.17) is 9.47 Å². The fraction of sp³-hybridized carbons (Fsp3) is 0.136. The molecule has 1 N–H and O–H groups in total. The van der Waals surface area contributed by atoms with Gasteiger partial charge in [0, 0.05) is 16.1 Å². The van der Waals surface area contributed by atoms with Crippen LogP contribution in [0.15, 0.2) is 71.2 Å². The summed E-state index contributed by atoms with van der Waals surface area (Å²) in [5, 5.41) is 14.4. The van der Waals surface area contributed by atoms with E-state index in [2.05, 4.69) is 15.5 Å². The van der Waals surface area contributed by atoms with Gasteiger partial charge in [-0.15, -0.1) is 21.5 Å². The lowest BCUT2D eigenvalue weighted by atomic mass is 10.2. The number of aromatic nitrogens is 3. The van der Waals surface area contributed by atoms with E-state index < -0.39 is 0 Å². The lowest BCUT2D eigenvalue weighted by molar-refractivity contribution is -0.118. The van der Waals surface area contributed by atoms with Crippen molar-refractivity contribution in [2.24, 2.45) is 0 Å². The number of thiophene rings is 1. The van der Waals surface area contributed by atoms with Crippen molar-refractivity contribution in [3.63, 3.8) is 0 Å². The van der Waals surface area contributed by atoms with Gasteiger partial charge in [-0.2, -0.15) is 0 Å². The first-order valence-corrected chi connectivity index (χ1v) is 11.5. The third-order valence-corrected chi connectivity index (χ3v) is 6.46. The number of carbonyl (C=O) groups excluding carboxylic acids is 1. The van der Waals surface area contributed by atoms with Crippen LogP contribution in [0.2, 0.25) is 0 Å². The van der Waals surface area contributed by atoms with Gasteiger partial charge in [0.2, 0.25) is 12.7 Å². The monoisotopic (exact) mass is 450 g/mol. The van der Waals surface area contributed by atoms with Gasteiger partial charge in [-0.05, 0) is 41.8 Å². The highest BCUT2D eigenvalue weighted by atomic mass is 32.2. The van der Waals surface area contributed by atoms with Crippen molar-refractivity contribution in [1.82, 2.24) is 20.1 Å². The Bertz CT molecular complexity index is 1190. The number of benzene rings is 2. The van der Waals surface area contributed by atoms with Crippen molar-refractivity contribution < 1.29 is 14.3 Å². The second-order valence-electron chi connectivity index (χ2n) is 6.69. The Hall–Kier alpha value is -3.30. The maximum absolute atomic E-state index is 12.3. The van der Waals surface area contributed by atoms with Crippen LogP contribution in [0.25, 0.3) is 17.1 Å². The number of carbonyl (C=O) groups is 1. The minimum atomic E-state index is -0.0503. The SMILES string of the molecule is O=C(CSc1nnc(-c2ccc3c(c2)OCO3)n1-c1ccccc1)NCc1cccs1. The van der Waals surface area contributed by atoms with E-state index in [0.29, 0.717) is 29.0 Å². The molecule has 0 bridgehead atoms. The van der Waals surface area contributed by atoms with Crippen LogP contribution in [-0.2, 0) is 11.3 Å². The molecular formula is C22H18N4O3S2. The molecule has 1 amide bonds. The molecule has 0 aliphatic carbocycles. The number of fused-ring (bicyclic) bond motifs is 1. The van der Waals surface area contributed by atoms with Gasteiger partial charge in [0.15, 0.2) is 22.5 Å². The fourth-order valence-corrected chi connectivity index (χ4v) is 4.60. The van der Waals surface area contributed by atoms with Crippen LogP contribution >= 0.6 is 23.1 Å². The Kier molecular flexibility index (Phi) is 5.59. The van der Waals surface area contributed by atoms with E-state index in [1.807, 2.05) is 70.6 Å². The molecule has 156 valence electrons. The van der Waals surface area contributed by atoms with Gasteiger partial charge in [-0.25, -0.2) is 0 Å². The first-order chi connectivity index (χ1) is 15.3. The van der Waals surface area contributed by atoms with Crippen molar-refractivity contribution in [3.8, 4) is 28.6 Å². The molecule has 1 aliphatic rings. The third kappa shape index (κ3) is 4.28. The highest BCUT2D eigenvalue weighted by Gasteiger charge is 2.20. The average Bonchev–Trinajstić information content (AvgIpc) is 3.57. The van der Waals surface area contributed by atoms with E-state index in [9.17, 15) is 4.79 Å². The molecule has 2 aromatic carbocycles. The number of para-hydroxylation sites is 1. The van der Waals surface area contributed by atoms with E-state index in [-0.39, 0.29) is 18.5 Å². The smallest absolute Gasteiger partial charge is 0.231 e. The molecule has 3 heterocycles. The molecule has 0 fully saturated rings. The number of nitrogens with one attached hydrogen (secondary N) is 1. The zero-order chi connectivity index (χ0) is 21.0. The second kappa shape index (κ2) is 8.83.